The summed E-state index contributed by atoms with van der Waals surface area (Å²) in [7, 11) is 23.0. The minimum absolute atomic E-state index is 0.574. The van der Waals surface area contributed by atoms with Gasteiger partial charge < -0.3 is 9.80 Å². The molecule has 3 aromatic rings. The molecular weight excluding hydrogens is 458 g/mol. The number of hydrogen-bond acceptors (Lipinski definition) is 2. The zero-order valence-corrected chi connectivity index (χ0v) is 24.6. The summed E-state index contributed by atoms with van der Waals surface area (Å²) in [5.41, 5.74) is 6.94. The first-order chi connectivity index (χ1) is 18.2. The van der Waals surface area contributed by atoms with Crippen LogP contribution >= 0.6 is 0 Å². The van der Waals surface area contributed by atoms with Crippen LogP contribution in [0.1, 0.15) is 87.5 Å². The van der Waals surface area contributed by atoms with Crippen molar-refractivity contribution in [1.29, 1.82) is 0 Å². The maximum Gasteiger partial charge on any atom is 0.0875 e. The van der Waals surface area contributed by atoms with Crippen LogP contribution in [-0.2, 0) is 10.6 Å². The largest absolute Gasteiger partial charge is 0.378 e. The van der Waals surface area contributed by atoms with E-state index in [0.717, 1.165) is 47.9 Å². The first-order valence-electron chi connectivity index (χ1n) is 14.4. The monoisotopic (exact) mass is 504 g/mol. The fourth-order valence-corrected chi connectivity index (χ4v) is 5.41. The lowest BCUT2D eigenvalue weighted by Gasteiger charge is -2.36. The van der Waals surface area contributed by atoms with Crippen LogP contribution in [0.3, 0.4) is 0 Å². The second kappa shape index (κ2) is 13.5. The van der Waals surface area contributed by atoms with Crippen molar-refractivity contribution in [3.05, 3.63) is 95.1 Å². The van der Waals surface area contributed by atoms with Crippen LogP contribution in [0.15, 0.2) is 72.8 Å². The van der Waals surface area contributed by atoms with Crippen molar-refractivity contribution < 1.29 is 0 Å². The first-order valence-corrected chi connectivity index (χ1v) is 14.4. The van der Waals surface area contributed by atoms with Gasteiger partial charge in [-0.15, -0.1) is 0 Å². The second-order valence-electron chi connectivity index (χ2n) is 11.3. The van der Waals surface area contributed by atoms with E-state index < -0.39 is 10.6 Å². The molecule has 3 rings (SSSR count). The summed E-state index contributed by atoms with van der Waals surface area (Å²) in [6, 6.07) is 26.3. The third-order valence-electron chi connectivity index (χ3n) is 8.04. The summed E-state index contributed by atoms with van der Waals surface area (Å²) in [5.74, 6) is 0. The quantitative estimate of drug-likeness (QED) is 0.163. The molecule has 198 valence electrons. The molecule has 0 N–H and O–H groups in total. The highest BCUT2D eigenvalue weighted by atomic mass is 15.1. The van der Waals surface area contributed by atoms with E-state index in [1.165, 1.54) is 37.1 Å². The van der Waals surface area contributed by atoms with Crippen LogP contribution in [-0.4, -0.2) is 43.9 Å². The Kier molecular flexibility index (Phi) is 10.6. The van der Waals surface area contributed by atoms with Gasteiger partial charge in [0.05, 0.1) is 15.7 Å². The topological polar surface area (TPSA) is 6.48 Å². The Hall–Kier alpha value is -2.61. The average Bonchev–Trinajstić information content (AvgIpc) is 2.93. The zero-order chi connectivity index (χ0) is 27.8. The molecule has 0 aliphatic rings. The van der Waals surface area contributed by atoms with Crippen LogP contribution in [0.2, 0.25) is 0 Å². The maximum absolute atomic E-state index is 7.37. The Bertz CT molecular complexity index is 1040. The Labute approximate surface area is 235 Å². The molecule has 0 heterocycles. The molecule has 0 spiro atoms. The van der Waals surface area contributed by atoms with E-state index in [4.69, 9.17) is 15.7 Å². The van der Waals surface area contributed by atoms with Gasteiger partial charge in [0.1, 0.15) is 0 Å². The summed E-state index contributed by atoms with van der Waals surface area (Å²) in [6.45, 7) is 4.48. The molecule has 4 heteroatoms. The fourth-order valence-electron chi connectivity index (χ4n) is 5.41. The third kappa shape index (κ3) is 6.87. The lowest BCUT2D eigenvalue weighted by Crippen LogP contribution is -2.31. The van der Waals surface area contributed by atoms with Crippen LogP contribution in [0.4, 0.5) is 11.4 Å². The summed E-state index contributed by atoms with van der Waals surface area (Å²) in [5, 5.41) is -1.15. The lowest BCUT2D eigenvalue weighted by molar-refractivity contribution is 0.564. The maximum atomic E-state index is 7.37. The van der Waals surface area contributed by atoms with E-state index in [1.807, 2.05) is 0 Å². The molecule has 0 saturated heterocycles. The molecule has 3 aromatic carbocycles. The van der Waals surface area contributed by atoms with Crippen LogP contribution in [0.5, 0.6) is 0 Å². The number of anilines is 2. The van der Waals surface area contributed by atoms with E-state index in [9.17, 15) is 0 Å². The highest BCUT2D eigenvalue weighted by molar-refractivity contribution is 6.19. The van der Waals surface area contributed by atoms with Crippen molar-refractivity contribution in [2.75, 3.05) is 38.0 Å². The standard InChI is InChI=1S/C34H46B2N2/c1-7-9-11-24-33(35,27-16-20-31(21-17-27)37(3)4)29-14-13-15-30(26-29)34(36,25-12-10-8-2)28-18-22-32(23-19-28)38(5)6/h13-23,26H,7-12,24-25H2,1-6H3. The van der Waals surface area contributed by atoms with Gasteiger partial charge in [-0.05, 0) is 70.0 Å². The number of unbranched alkanes of at least 4 members (excludes halogenated alkanes) is 4. The molecule has 38 heavy (non-hydrogen) atoms. The van der Waals surface area contributed by atoms with Gasteiger partial charge in [0.2, 0.25) is 0 Å². The molecule has 0 fully saturated rings. The SMILES string of the molecule is [B]C(CCCCC)(c1ccc(N(C)C)cc1)c1cccc(C([B])(CCCCC)c2ccc(N(C)C)cc2)c1. The van der Waals surface area contributed by atoms with Gasteiger partial charge in [-0.25, -0.2) is 0 Å². The van der Waals surface area contributed by atoms with Gasteiger partial charge in [-0.2, -0.15) is 0 Å². The number of hydrogen-bond donors (Lipinski definition) is 0. The molecule has 0 saturated carbocycles. The molecule has 4 radical (unpaired) electrons. The van der Waals surface area contributed by atoms with E-state index in [0.29, 0.717) is 0 Å². The van der Waals surface area contributed by atoms with Crippen molar-refractivity contribution in [2.24, 2.45) is 0 Å². The number of benzene rings is 3. The van der Waals surface area contributed by atoms with Crippen molar-refractivity contribution in [2.45, 2.75) is 75.8 Å². The highest BCUT2D eigenvalue weighted by Crippen LogP contribution is 2.40. The lowest BCUT2D eigenvalue weighted by atomic mass is 9.54. The molecule has 2 unspecified atom stereocenters. The molecule has 2 nitrogen and oxygen atoms in total. The molecule has 0 aromatic heterocycles. The average molecular weight is 504 g/mol. The first kappa shape index (κ1) is 29.9. The molecular formula is C34H46B2N2. The van der Waals surface area contributed by atoms with Gasteiger partial charge in [-0.1, -0.05) is 101 Å². The van der Waals surface area contributed by atoms with Gasteiger partial charge >= 0.3 is 0 Å². The summed E-state index contributed by atoms with van der Waals surface area (Å²) in [4.78, 5) is 4.25. The smallest absolute Gasteiger partial charge is 0.0875 e. The van der Waals surface area contributed by atoms with Gasteiger partial charge in [0.15, 0.2) is 0 Å². The van der Waals surface area contributed by atoms with E-state index >= 15 is 0 Å². The van der Waals surface area contributed by atoms with Gasteiger partial charge in [-0.3, -0.25) is 0 Å². The van der Waals surface area contributed by atoms with Gasteiger partial charge in [0.25, 0.3) is 0 Å². The van der Waals surface area contributed by atoms with Crippen molar-refractivity contribution in [1.82, 2.24) is 0 Å². The zero-order valence-electron chi connectivity index (χ0n) is 24.6. The van der Waals surface area contributed by atoms with E-state index in [1.54, 1.807) is 0 Å². The normalized spacial score (nSPS) is 14.5. The fraction of sp³-hybridized carbons (Fsp3) is 0.471. The Morgan fingerprint density at radius 3 is 1.21 bits per heavy atom. The predicted molar refractivity (Wildman–Crippen MR) is 169 cm³/mol. The Morgan fingerprint density at radius 1 is 0.526 bits per heavy atom. The van der Waals surface area contributed by atoms with Crippen LogP contribution < -0.4 is 9.80 Å². The van der Waals surface area contributed by atoms with E-state index in [2.05, 4.69) is 125 Å². The van der Waals surface area contributed by atoms with Crippen molar-refractivity contribution in [3.8, 4) is 0 Å². The minimum Gasteiger partial charge on any atom is -0.378 e. The Morgan fingerprint density at radius 2 is 0.895 bits per heavy atom. The molecule has 0 aliphatic heterocycles. The van der Waals surface area contributed by atoms with Crippen LogP contribution in [0.25, 0.3) is 0 Å². The summed E-state index contributed by atoms with van der Waals surface area (Å²) >= 11 is 0. The molecule has 0 bridgehead atoms. The van der Waals surface area contributed by atoms with Gasteiger partial charge in [0, 0.05) is 39.6 Å². The summed E-state index contributed by atoms with van der Waals surface area (Å²) < 4.78 is 0. The summed E-state index contributed by atoms with van der Waals surface area (Å²) in [6.07, 6.45) is 8.65. The van der Waals surface area contributed by atoms with E-state index in [-0.39, 0.29) is 0 Å². The van der Waals surface area contributed by atoms with Crippen molar-refractivity contribution >= 4 is 27.1 Å². The second-order valence-corrected chi connectivity index (χ2v) is 11.3. The number of nitrogens with zero attached hydrogens (tertiary/aromatic N) is 2. The van der Waals surface area contributed by atoms with Crippen LogP contribution in [0, 0.1) is 0 Å². The minimum atomic E-state index is -0.574. The highest BCUT2D eigenvalue weighted by Gasteiger charge is 2.32. The molecule has 2 atom stereocenters. The number of rotatable bonds is 14. The third-order valence-corrected chi connectivity index (χ3v) is 8.04. The van der Waals surface area contributed by atoms with Crippen molar-refractivity contribution in [3.63, 3.8) is 0 Å². The Balaban J connectivity index is 2.09. The molecule has 0 amide bonds. The predicted octanol–water partition coefficient (Wildman–Crippen LogP) is 7.80. The molecule has 0 aliphatic carbocycles.